The average molecular weight is 358 g/mol. The van der Waals surface area contributed by atoms with Crippen LogP contribution >= 0.6 is 0 Å². The molecule has 2 aliphatic heterocycles. The molecule has 2 fully saturated rings. The number of rotatable bonds is 7. The van der Waals surface area contributed by atoms with Gasteiger partial charge in [-0.05, 0) is 25.8 Å². The highest BCUT2D eigenvalue weighted by molar-refractivity contribution is 5.35. The number of hydrogen-bond donors (Lipinski definition) is 0. The predicted octanol–water partition coefficient (Wildman–Crippen LogP) is 3.09. The molecular formula is C21H35N5. The van der Waals surface area contributed by atoms with Crippen LogP contribution in [0.2, 0.25) is 0 Å². The third kappa shape index (κ3) is 4.20. The fourth-order valence-corrected chi connectivity index (χ4v) is 4.51. The van der Waals surface area contributed by atoms with Gasteiger partial charge in [-0.3, -0.25) is 9.80 Å². The van der Waals surface area contributed by atoms with E-state index >= 15 is 0 Å². The molecule has 0 atom stereocenters. The van der Waals surface area contributed by atoms with Gasteiger partial charge < -0.3 is 4.90 Å². The maximum Gasteiger partial charge on any atom is 0.225 e. The molecule has 0 unspecified atom stereocenters. The van der Waals surface area contributed by atoms with Crippen molar-refractivity contribution in [3.63, 3.8) is 0 Å². The van der Waals surface area contributed by atoms with Crippen LogP contribution in [0.3, 0.4) is 0 Å². The van der Waals surface area contributed by atoms with Gasteiger partial charge in [-0.25, -0.2) is 9.97 Å². The first-order valence-electron chi connectivity index (χ1n) is 10.9. The summed E-state index contributed by atoms with van der Waals surface area (Å²) in [5.74, 6) is 0.966. The van der Waals surface area contributed by atoms with E-state index in [1.165, 1.54) is 75.8 Å². The average Bonchev–Trinajstić information content (AvgIpc) is 2.64. The van der Waals surface area contributed by atoms with Gasteiger partial charge in [0.05, 0.1) is 5.69 Å². The molecule has 3 aliphatic rings. The Labute approximate surface area is 158 Å². The van der Waals surface area contributed by atoms with Gasteiger partial charge in [0.2, 0.25) is 5.95 Å². The predicted molar refractivity (Wildman–Crippen MR) is 107 cm³/mol. The van der Waals surface area contributed by atoms with E-state index in [2.05, 4.69) is 27.8 Å². The van der Waals surface area contributed by atoms with Crippen LogP contribution in [0.5, 0.6) is 0 Å². The minimum Gasteiger partial charge on any atom is -0.338 e. The number of nitrogens with zero attached hydrogens (tertiary/aromatic N) is 5. The smallest absolute Gasteiger partial charge is 0.225 e. The van der Waals surface area contributed by atoms with Gasteiger partial charge in [0.15, 0.2) is 0 Å². The van der Waals surface area contributed by atoms with Crippen molar-refractivity contribution < 1.29 is 0 Å². The second kappa shape index (κ2) is 8.66. The zero-order valence-electron chi connectivity index (χ0n) is 16.5. The fraction of sp³-hybridized carbons (Fsp3) is 0.810. The molecule has 3 heterocycles. The first kappa shape index (κ1) is 18.2. The van der Waals surface area contributed by atoms with Crippen molar-refractivity contribution in [2.45, 2.75) is 70.9 Å². The standard InChI is InChI=1S/C21H35N5/c1-2-3-4-5-10-24-11-9-20-18(17-24)16-22-21(23-20)26-14-12-25(13-15-26)19-7-6-8-19/h16,19H,2-15,17H2,1H3. The Morgan fingerprint density at radius 1 is 1.04 bits per heavy atom. The fourth-order valence-electron chi connectivity index (χ4n) is 4.51. The lowest BCUT2D eigenvalue weighted by Gasteiger charge is -2.43. The maximum atomic E-state index is 4.95. The van der Waals surface area contributed by atoms with E-state index < -0.39 is 0 Å². The zero-order chi connectivity index (χ0) is 17.8. The quantitative estimate of drug-likeness (QED) is 0.701. The number of piperazine rings is 1. The first-order valence-corrected chi connectivity index (χ1v) is 10.9. The van der Waals surface area contributed by atoms with E-state index in [9.17, 15) is 0 Å². The Hall–Kier alpha value is -1.20. The number of anilines is 1. The minimum absolute atomic E-state index is 0.866. The van der Waals surface area contributed by atoms with Crippen molar-refractivity contribution in [2.75, 3.05) is 44.2 Å². The molecule has 4 rings (SSSR count). The second-order valence-electron chi connectivity index (χ2n) is 8.34. The summed E-state index contributed by atoms with van der Waals surface area (Å²) in [6, 6.07) is 0.866. The summed E-state index contributed by atoms with van der Waals surface area (Å²) in [4.78, 5) is 17.3. The molecule has 1 aliphatic carbocycles. The van der Waals surface area contributed by atoms with Gasteiger partial charge in [0.1, 0.15) is 0 Å². The van der Waals surface area contributed by atoms with Crippen LogP contribution in [0.1, 0.15) is 63.1 Å². The van der Waals surface area contributed by atoms with Crippen LogP contribution in [0.4, 0.5) is 5.95 Å². The van der Waals surface area contributed by atoms with Gasteiger partial charge in [-0.2, -0.15) is 0 Å². The normalized spacial score (nSPS) is 22.3. The van der Waals surface area contributed by atoms with Gasteiger partial charge in [-0.1, -0.05) is 32.6 Å². The van der Waals surface area contributed by atoms with Crippen molar-refractivity contribution in [3.8, 4) is 0 Å². The summed E-state index contributed by atoms with van der Waals surface area (Å²) in [5.41, 5.74) is 2.64. The molecule has 144 valence electrons. The molecule has 1 aromatic rings. The molecule has 1 saturated heterocycles. The third-order valence-electron chi connectivity index (χ3n) is 6.52. The van der Waals surface area contributed by atoms with Gasteiger partial charge in [0, 0.05) is 63.5 Å². The van der Waals surface area contributed by atoms with E-state index in [0.29, 0.717) is 0 Å². The summed E-state index contributed by atoms with van der Waals surface area (Å²) in [6.45, 7) is 10.2. The van der Waals surface area contributed by atoms with Crippen molar-refractivity contribution >= 4 is 5.95 Å². The molecule has 0 aromatic carbocycles. The van der Waals surface area contributed by atoms with Crippen LogP contribution < -0.4 is 4.90 Å². The van der Waals surface area contributed by atoms with Crippen LogP contribution in [0.25, 0.3) is 0 Å². The largest absolute Gasteiger partial charge is 0.338 e. The highest BCUT2D eigenvalue weighted by Crippen LogP contribution is 2.26. The Balaban J connectivity index is 1.29. The number of unbranched alkanes of at least 4 members (excludes halogenated alkanes) is 3. The van der Waals surface area contributed by atoms with Crippen molar-refractivity contribution in [1.82, 2.24) is 19.8 Å². The summed E-state index contributed by atoms with van der Waals surface area (Å²) >= 11 is 0. The maximum absolute atomic E-state index is 4.95. The topological polar surface area (TPSA) is 35.5 Å². The number of aromatic nitrogens is 2. The van der Waals surface area contributed by atoms with Crippen LogP contribution in [-0.4, -0.2) is 65.1 Å². The van der Waals surface area contributed by atoms with E-state index in [1.54, 1.807) is 0 Å². The molecule has 1 saturated carbocycles. The summed E-state index contributed by atoms with van der Waals surface area (Å²) < 4.78 is 0. The summed E-state index contributed by atoms with van der Waals surface area (Å²) in [6.07, 6.45) is 12.8. The Morgan fingerprint density at radius 3 is 2.62 bits per heavy atom. The lowest BCUT2D eigenvalue weighted by atomic mass is 9.91. The number of hydrogen-bond acceptors (Lipinski definition) is 5. The zero-order valence-corrected chi connectivity index (χ0v) is 16.5. The molecule has 0 spiro atoms. The molecule has 1 aromatic heterocycles. The van der Waals surface area contributed by atoms with E-state index in [-0.39, 0.29) is 0 Å². The molecule has 0 N–H and O–H groups in total. The molecule has 5 nitrogen and oxygen atoms in total. The Kier molecular flexibility index (Phi) is 6.05. The highest BCUT2D eigenvalue weighted by Gasteiger charge is 2.29. The molecule has 0 radical (unpaired) electrons. The molecule has 5 heteroatoms. The lowest BCUT2D eigenvalue weighted by molar-refractivity contribution is 0.120. The van der Waals surface area contributed by atoms with E-state index in [4.69, 9.17) is 9.97 Å². The van der Waals surface area contributed by atoms with Crippen molar-refractivity contribution in [3.05, 3.63) is 17.5 Å². The van der Waals surface area contributed by atoms with Crippen LogP contribution in [-0.2, 0) is 13.0 Å². The van der Waals surface area contributed by atoms with Gasteiger partial charge in [-0.15, -0.1) is 0 Å². The third-order valence-corrected chi connectivity index (χ3v) is 6.52. The Morgan fingerprint density at radius 2 is 1.88 bits per heavy atom. The number of fused-ring (bicyclic) bond motifs is 1. The van der Waals surface area contributed by atoms with Crippen LogP contribution in [0, 0.1) is 0 Å². The van der Waals surface area contributed by atoms with Crippen molar-refractivity contribution in [2.24, 2.45) is 0 Å². The Bertz CT molecular complexity index is 578. The van der Waals surface area contributed by atoms with Gasteiger partial charge in [0.25, 0.3) is 0 Å². The molecule has 0 amide bonds. The summed E-state index contributed by atoms with van der Waals surface area (Å²) in [5, 5.41) is 0. The molecule has 0 bridgehead atoms. The SMILES string of the molecule is CCCCCCN1CCc2nc(N3CCN(C4CCC4)CC3)ncc2C1. The highest BCUT2D eigenvalue weighted by atomic mass is 15.3. The monoisotopic (exact) mass is 357 g/mol. The lowest BCUT2D eigenvalue weighted by Crippen LogP contribution is -2.52. The van der Waals surface area contributed by atoms with Gasteiger partial charge >= 0.3 is 0 Å². The summed E-state index contributed by atoms with van der Waals surface area (Å²) in [7, 11) is 0. The van der Waals surface area contributed by atoms with E-state index in [1.807, 2.05) is 0 Å². The minimum atomic E-state index is 0.866. The van der Waals surface area contributed by atoms with Crippen molar-refractivity contribution in [1.29, 1.82) is 0 Å². The molecule has 26 heavy (non-hydrogen) atoms. The molecular weight excluding hydrogens is 322 g/mol. The first-order chi connectivity index (χ1) is 12.8. The van der Waals surface area contributed by atoms with E-state index in [0.717, 1.165) is 44.6 Å². The van der Waals surface area contributed by atoms with Crippen LogP contribution in [0.15, 0.2) is 6.20 Å². The second-order valence-corrected chi connectivity index (χ2v) is 8.34.